The topological polar surface area (TPSA) is 85.8 Å². The maximum absolute atomic E-state index is 12.9. The summed E-state index contributed by atoms with van der Waals surface area (Å²) in [7, 11) is 1.57. The van der Waals surface area contributed by atoms with Gasteiger partial charge in [0.1, 0.15) is 10.7 Å². The summed E-state index contributed by atoms with van der Waals surface area (Å²) in [5.41, 5.74) is 0.834. The molecule has 0 aliphatic carbocycles. The van der Waals surface area contributed by atoms with Crippen LogP contribution < -0.4 is 4.74 Å². The Morgan fingerprint density at radius 3 is 2.65 bits per heavy atom. The van der Waals surface area contributed by atoms with Crippen LogP contribution in [0.15, 0.2) is 58.3 Å². The van der Waals surface area contributed by atoms with E-state index in [0.29, 0.717) is 12.3 Å². The van der Waals surface area contributed by atoms with E-state index in [2.05, 4.69) is 0 Å². The first-order valence-corrected chi connectivity index (χ1v) is 8.64. The average molecular weight is 372 g/mol. The van der Waals surface area contributed by atoms with Crippen molar-refractivity contribution in [2.24, 2.45) is 0 Å². The van der Waals surface area contributed by atoms with Gasteiger partial charge in [-0.05, 0) is 23.6 Å². The highest BCUT2D eigenvalue weighted by molar-refractivity contribution is 7.09. The molecular weight excluding hydrogens is 356 g/mol. The Hall–Kier alpha value is -3.13. The predicted molar refractivity (Wildman–Crippen MR) is 96.3 cm³/mol. The number of carbonyl (C=O) groups excluding carboxylic acids is 1. The summed E-state index contributed by atoms with van der Waals surface area (Å²) in [6.45, 7) is 0.651. The Bertz CT molecular complexity index is 904. The van der Waals surface area contributed by atoms with Gasteiger partial charge in [-0.15, -0.1) is 11.3 Å². The zero-order valence-corrected chi connectivity index (χ0v) is 14.8. The average Bonchev–Trinajstić information content (AvgIpc) is 3.33. The molecule has 0 bridgehead atoms. The van der Waals surface area contributed by atoms with Gasteiger partial charge in [0, 0.05) is 10.4 Å². The molecule has 0 unspecified atom stereocenters. The first-order valence-electron chi connectivity index (χ1n) is 7.76. The van der Waals surface area contributed by atoms with Gasteiger partial charge in [0.05, 0.1) is 26.3 Å². The van der Waals surface area contributed by atoms with E-state index in [1.807, 2.05) is 41.8 Å². The fraction of sp³-hybridized carbons (Fsp3) is 0.167. The van der Waals surface area contributed by atoms with Crippen molar-refractivity contribution in [3.63, 3.8) is 0 Å². The van der Waals surface area contributed by atoms with E-state index in [-0.39, 0.29) is 12.3 Å². The van der Waals surface area contributed by atoms with Crippen molar-refractivity contribution in [1.82, 2.24) is 4.90 Å². The molecule has 2 aromatic heterocycles. The second kappa shape index (κ2) is 7.83. The van der Waals surface area contributed by atoms with E-state index in [4.69, 9.17) is 9.15 Å². The Labute approximate surface area is 153 Å². The molecule has 1 amide bonds. The van der Waals surface area contributed by atoms with Crippen molar-refractivity contribution in [3.05, 3.63) is 80.2 Å². The number of ether oxygens (including phenoxy) is 1. The summed E-state index contributed by atoms with van der Waals surface area (Å²) >= 11 is 1.53. The predicted octanol–water partition coefficient (Wildman–Crippen LogP) is 4.10. The fourth-order valence-corrected chi connectivity index (χ4v) is 3.25. The number of thiophene rings is 1. The van der Waals surface area contributed by atoms with Gasteiger partial charge in [0.2, 0.25) is 0 Å². The number of benzene rings is 1. The van der Waals surface area contributed by atoms with Gasteiger partial charge < -0.3 is 14.1 Å². The number of nitro groups is 1. The molecule has 0 fully saturated rings. The van der Waals surface area contributed by atoms with Crippen molar-refractivity contribution < 1.29 is 18.9 Å². The zero-order valence-electron chi connectivity index (χ0n) is 14.0. The molecule has 0 N–H and O–H groups in total. The van der Waals surface area contributed by atoms with E-state index in [9.17, 15) is 14.9 Å². The molecule has 7 nitrogen and oxygen atoms in total. The standard InChI is InChI=1S/C18H16N2O5S/c1-24-15-7-3-2-5-13(15)11-19(12-14-6-4-10-26-14)18(21)16-8-9-17(25-16)20(22)23/h2-10H,11-12H2,1H3. The Morgan fingerprint density at radius 1 is 1.19 bits per heavy atom. The number of amides is 1. The number of furan rings is 1. The highest BCUT2D eigenvalue weighted by atomic mass is 32.1. The monoisotopic (exact) mass is 372 g/mol. The van der Waals surface area contributed by atoms with Crippen molar-refractivity contribution >= 4 is 23.1 Å². The van der Waals surface area contributed by atoms with Gasteiger partial charge in [0.25, 0.3) is 5.91 Å². The second-order valence-corrected chi connectivity index (χ2v) is 6.48. The van der Waals surface area contributed by atoms with Crippen LogP contribution in [-0.2, 0) is 13.1 Å². The molecule has 0 saturated heterocycles. The minimum atomic E-state index is -0.666. The van der Waals surface area contributed by atoms with Gasteiger partial charge >= 0.3 is 5.88 Å². The number of nitrogens with zero attached hydrogens (tertiary/aromatic N) is 2. The summed E-state index contributed by atoms with van der Waals surface area (Å²) in [6.07, 6.45) is 0. The van der Waals surface area contributed by atoms with E-state index < -0.39 is 16.7 Å². The van der Waals surface area contributed by atoms with Crippen LogP contribution in [0, 0.1) is 10.1 Å². The molecule has 0 aliphatic rings. The third kappa shape index (κ3) is 3.92. The maximum atomic E-state index is 12.9. The molecule has 0 saturated carbocycles. The van der Waals surface area contributed by atoms with E-state index in [1.54, 1.807) is 12.0 Å². The van der Waals surface area contributed by atoms with Crippen LogP contribution in [-0.4, -0.2) is 22.8 Å². The van der Waals surface area contributed by atoms with Crippen LogP contribution in [0.4, 0.5) is 5.88 Å². The number of methoxy groups -OCH3 is 1. The van der Waals surface area contributed by atoms with Crippen molar-refractivity contribution in [1.29, 1.82) is 0 Å². The lowest BCUT2D eigenvalue weighted by molar-refractivity contribution is -0.402. The maximum Gasteiger partial charge on any atom is 0.433 e. The fourth-order valence-electron chi connectivity index (χ4n) is 2.53. The van der Waals surface area contributed by atoms with Crippen LogP contribution in [0.25, 0.3) is 0 Å². The smallest absolute Gasteiger partial charge is 0.433 e. The van der Waals surface area contributed by atoms with Gasteiger partial charge in [-0.2, -0.15) is 0 Å². The highest BCUT2D eigenvalue weighted by Crippen LogP contribution is 2.24. The molecule has 0 spiro atoms. The molecule has 0 atom stereocenters. The number of rotatable bonds is 7. The van der Waals surface area contributed by atoms with E-state index in [1.165, 1.54) is 23.5 Å². The molecule has 8 heteroatoms. The first-order chi connectivity index (χ1) is 12.6. The SMILES string of the molecule is COc1ccccc1CN(Cc1cccs1)C(=O)c1ccc([N+](=O)[O-])o1. The largest absolute Gasteiger partial charge is 0.496 e. The summed E-state index contributed by atoms with van der Waals surface area (Å²) in [5.74, 6) is -0.274. The number of hydrogen-bond acceptors (Lipinski definition) is 6. The molecule has 0 aliphatic heterocycles. The van der Waals surface area contributed by atoms with Crippen LogP contribution in [0.1, 0.15) is 21.0 Å². The first kappa shape index (κ1) is 17.7. The molecule has 0 radical (unpaired) electrons. The van der Waals surface area contributed by atoms with Gasteiger partial charge in [-0.25, -0.2) is 0 Å². The minimum Gasteiger partial charge on any atom is -0.496 e. The molecular formula is C18H16N2O5S. The summed E-state index contributed by atoms with van der Waals surface area (Å²) < 4.78 is 10.4. The molecule has 134 valence electrons. The lowest BCUT2D eigenvalue weighted by Gasteiger charge is -2.22. The zero-order chi connectivity index (χ0) is 18.5. The van der Waals surface area contributed by atoms with E-state index >= 15 is 0 Å². The van der Waals surface area contributed by atoms with Gasteiger partial charge in [-0.3, -0.25) is 14.9 Å². The number of hydrogen-bond donors (Lipinski definition) is 0. The molecule has 26 heavy (non-hydrogen) atoms. The van der Waals surface area contributed by atoms with E-state index in [0.717, 1.165) is 10.4 Å². The Morgan fingerprint density at radius 2 is 2.00 bits per heavy atom. The van der Waals surface area contributed by atoms with Gasteiger partial charge in [-0.1, -0.05) is 24.3 Å². The lowest BCUT2D eigenvalue weighted by Crippen LogP contribution is -2.29. The van der Waals surface area contributed by atoms with Crippen molar-refractivity contribution in [2.75, 3.05) is 7.11 Å². The van der Waals surface area contributed by atoms with Crippen LogP contribution in [0.5, 0.6) is 5.75 Å². The third-order valence-electron chi connectivity index (χ3n) is 3.75. The summed E-state index contributed by atoms with van der Waals surface area (Å²) in [5, 5.41) is 12.7. The number of carbonyl (C=O) groups is 1. The third-order valence-corrected chi connectivity index (χ3v) is 4.61. The van der Waals surface area contributed by atoms with Crippen molar-refractivity contribution in [3.8, 4) is 5.75 Å². The molecule has 3 rings (SSSR count). The Kier molecular flexibility index (Phi) is 5.33. The molecule has 1 aromatic carbocycles. The van der Waals surface area contributed by atoms with Crippen molar-refractivity contribution in [2.45, 2.75) is 13.1 Å². The Balaban J connectivity index is 1.89. The summed E-state index contributed by atoms with van der Waals surface area (Å²) in [6, 6.07) is 13.7. The lowest BCUT2D eigenvalue weighted by atomic mass is 10.1. The highest BCUT2D eigenvalue weighted by Gasteiger charge is 2.24. The molecule has 2 heterocycles. The quantitative estimate of drug-likeness (QED) is 0.460. The van der Waals surface area contributed by atoms with Gasteiger partial charge in [0.15, 0.2) is 5.76 Å². The second-order valence-electron chi connectivity index (χ2n) is 5.45. The van der Waals surface area contributed by atoms with Crippen LogP contribution in [0.3, 0.4) is 0 Å². The normalized spacial score (nSPS) is 10.5. The summed E-state index contributed by atoms with van der Waals surface area (Å²) in [4.78, 5) is 25.6. The number of para-hydroxylation sites is 1. The van der Waals surface area contributed by atoms with Crippen LogP contribution in [0.2, 0.25) is 0 Å². The molecule has 3 aromatic rings. The minimum absolute atomic E-state index is 0.0665. The van der Waals surface area contributed by atoms with Crippen LogP contribution >= 0.6 is 11.3 Å².